The lowest BCUT2D eigenvalue weighted by molar-refractivity contribution is -0.118. The number of fused-ring (bicyclic) bond motifs is 1. The Labute approximate surface area is 210 Å². The van der Waals surface area contributed by atoms with E-state index in [1.165, 1.54) is 0 Å². The van der Waals surface area contributed by atoms with Crippen LogP contribution in [0.25, 0.3) is 11.0 Å². The van der Waals surface area contributed by atoms with Crippen LogP contribution < -0.4 is 15.0 Å². The lowest BCUT2D eigenvalue weighted by Crippen LogP contribution is -2.48. The Kier molecular flexibility index (Phi) is 6.62. The Bertz CT molecular complexity index is 1350. The number of ether oxygens (including phenoxy) is 1. The summed E-state index contributed by atoms with van der Waals surface area (Å²) in [5, 5.41) is 3.82. The standard InChI is InChI=1S/C29H29N3O4/c1-20-6-5-9-25(21(20)2)35-19-28(33)30-23-10-12-24(13-11-23)31-14-16-32(17-15-31)29(34)27-18-22-7-3-4-8-26(22)36-27/h3-13,18H,14-17,19H2,1-2H3,(H,30,33). The molecule has 0 spiro atoms. The van der Waals surface area contributed by atoms with Crippen molar-refractivity contribution < 1.29 is 18.7 Å². The van der Waals surface area contributed by atoms with Crippen LogP contribution in [-0.4, -0.2) is 49.5 Å². The molecule has 1 saturated heterocycles. The van der Waals surface area contributed by atoms with Gasteiger partial charge in [-0.15, -0.1) is 0 Å². The van der Waals surface area contributed by atoms with Gasteiger partial charge in [0.25, 0.3) is 11.8 Å². The van der Waals surface area contributed by atoms with Crippen molar-refractivity contribution in [3.05, 3.63) is 89.7 Å². The van der Waals surface area contributed by atoms with Crippen molar-refractivity contribution in [2.45, 2.75) is 13.8 Å². The Hall–Kier alpha value is -4.26. The number of rotatable bonds is 6. The smallest absolute Gasteiger partial charge is 0.289 e. The van der Waals surface area contributed by atoms with Gasteiger partial charge in [-0.3, -0.25) is 9.59 Å². The first-order valence-corrected chi connectivity index (χ1v) is 12.1. The van der Waals surface area contributed by atoms with Gasteiger partial charge in [0.2, 0.25) is 0 Å². The molecule has 3 aromatic carbocycles. The number of hydrogen-bond acceptors (Lipinski definition) is 5. The van der Waals surface area contributed by atoms with Crippen molar-refractivity contribution in [3.63, 3.8) is 0 Å². The van der Waals surface area contributed by atoms with Gasteiger partial charge in [-0.1, -0.05) is 30.3 Å². The van der Waals surface area contributed by atoms with E-state index in [-0.39, 0.29) is 18.4 Å². The number of carbonyl (C=O) groups is 2. The van der Waals surface area contributed by atoms with Gasteiger partial charge in [0.15, 0.2) is 12.4 Å². The fourth-order valence-corrected chi connectivity index (χ4v) is 4.39. The maximum Gasteiger partial charge on any atom is 0.289 e. The van der Waals surface area contributed by atoms with Crippen LogP contribution >= 0.6 is 0 Å². The molecule has 1 aliphatic heterocycles. The second kappa shape index (κ2) is 10.2. The van der Waals surface area contributed by atoms with Crippen LogP contribution in [0.2, 0.25) is 0 Å². The maximum absolute atomic E-state index is 12.9. The number of nitrogens with one attached hydrogen (secondary N) is 1. The molecule has 4 aromatic rings. The van der Waals surface area contributed by atoms with Crippen LogP contribution in [0.1, 0.15) is 21.7 Å². The minimum atomic E-state index is -0.207. The van der Waals surface area contributed by atoms with Crippen molar-refractivity contribution in [2.24, 2.45) is 0 Å². The summed E-state index contributed by atoms with van der Waals surface area (Å²) >= 11 is 0. The van der Waals surface area contributed by atoms with Crippen molar-refractivity contribution in [3.8, 4) is 5.75 Å². The van der Waals surface area contributed by atoms with Gasteiger partial charge >= 0.3 is 0 Å². The summed E-state index contributed by atoms with van der Waals surface area (Å²) in [5.74, 6) is 0.818. The number of piperazine rings is 1. The molecule has 0 aliphatic carbocycles. The number of nitrogens with zero attached hydrogens (tertiary/aromatic N) is 2. The second-order valence-corrected chi connectivity index (χ2v) is 9.01. The number of hydrogen-bond donors (Lipinski definition) is 1. The molecule has 2 amide bonds. The molecular weight excluding hydrogens is 454 g/mol. The number of amides is 2. The molecule has 7 nitrogen and oxygen atoms in total. The highest BCUT2D eigenvalue weighted by Crippen LogP contribution is 2.23. The highest BCUT2D eigenvalue weighted by atomic mass is 16.5. The number of para-hydroxylation sites is 1. The lowest BCUT2D eigenvalue weighted by atomic mass is 10.1. The summed E-state index contributed by atoms with van der Waals surface area (Å²) in [5.41, 5.74) is 4.66. The van der Waals surface area contributed by atoms with Crippen LogP contribution in [-0.2, 0) is 4.79 Å². The summed E-state index contributed by atoms with van der Waals surface area (Å²) in [6, 6.07) is 23.0. The first-order chi connectivity index (χ1) is 17.5. The SMILES string of the molecule is Cc1cccc(OCC(=O)Nc2ccc(N3CCN(C(=O)c4cc5ccccc5o4)CC3)cc2)c1C. The van der Waals surface area contributed by atoms with Crippen molar-refractivity contribution in [1.82, 2.24) is 4.90 Å². The van der Waals surface area contributed by atoms with Crippen molar-refractivity contribution >= 4 is 34.2 Å². The van der Waals surface area contributed by atoms with Gasteiger partial charge < -0.3 is 24.3 Å². The third kappa shape index (κ3) is 5.05. The quantitative estimate of drug-likeness (QED) is 0.416. The third-order valence-corrected chi connectivity index (χ3v) is 6.63. The maximum atomic E-state index is 12.9. The minimum Gasteiger partial charge on any atom is -0.483 e. The average Bonchev–Trinajstić information content (AvgIpc) is 3.34. The molecule has 0 saturated carbocycles. The fourth-order valence-electron chi connectivity index (χ4n) is 4.39. The molecule has 0 radical (unpaired) electrons. The zero-order valence-electron chi connectivity index (χ0n) is 20.5. The van der Waals surface area contributed by atoms with Crippen LogP contribution in [0.4, 0.5) is 11.4 Å². The molecule has 0 atom stereocenters. The average molecular weight is 484 g/mol. The van der Waals surface area contributed by atoms with E-state index in [2.05, 4.69) is 10.2 Å². The minimum absolute atomic E-state index is 0.0484. The summed E-state index contributed by atoms with van der Waals surface area (Å²) in [7, 11) is 0. The van der Waals surface area contributed by atoms with Crippen molar-refractivity contribution in [1.29, 1.82) is 0 Å². The zero-order valence-corrected chi connectivity index (χ0v) is 20.5. The van der Waals surface area contributed by atoms with Gasteiger partial charge in [0, 0.05) is 42.9 Å². The van der Waals surface area contributed by atoms with Gasteiger partial charge in [0.1, 0.15) is 11.3 Å². The lowest BCUT2D eigenvalue weighted by Gasteiger charge is -2.35. The van der Waals surface area contributed by atoms with E-state index >= 15 is 0 Å². The van der Waals surface area contributed by atoms with Crippen LogP contribution in [0, 0.1) is 13.8 Å². The van der Waals surface area contributed by atoms with Gasteiger partial charge in [-0.25, -0.2) is 0 Å². The normalized spacial score (nSPS) is 13.6. The monoisotopic (exact) mass is 483 g/mol. The van der Waals surface area contributed by atoms with E-state index in [9.17, 15) is 9.59 Å². The molecule has 1 fully saturated rings. The molecule has 7 heteroatoms. The number of aryl methyl sites for hydroxylation is 1. The predicted molar refractivity (Wildman–Crippen MR) is 141 cm³/mol. The largest absolute Gasteiger partial charge is 0.483 e. The molecule has 0 unspecified atom stereocenters. The summed E-state index contributed by atoms with van der Waals surface area (Å²) in [6.07, 6.45) is 0. The van der Waals surface area contributed by atoms with E-state index in [0.717, 1.165) is 46.6 Å². The van der Waals surface area contributed by atoms with E-state index < -0.39 is 0 Å². The van der Waals surface area contributed by atoms with Crippen LogP contribution in [0.3, 0.4) is 0 Å². The molecule has 0 bridgehead atoms. The number of anilines is 2. The Morgan fingerprint density at radius 2 is 1.67 bits per heavy atom. The molecule has 184 valence electrons. The topological polar surface area (TPSA) is 75.0 Å². The number of benzene rings is 3. The summed E-state index contributed by atoms with van der Waals surface area (Å²) in [4.78, 5) is 29.3. The number of carbonyl (C=O) groups excluding carboxylic acids is 2. The van der Waals surface area contributed by atoms with Gasteiger partial charge in [-0.2, -0.15) is 0 Å². The summed E-state index contributed by atoms with van der Waals surface area (Å²) in [6.45, 7) is 6.63. The summed E-state index contributed by atoms with van der Waals surface area (Å²) < 4.78 is 11.4. The Morgan fingerprint density at radius 1 is 0.917 bits per heavy atom. The molecule has 1 N–H and O–H groups in total. The molecule has 1 aromatic heterocycles. The first kappa shape index (κ1) is 23.5. The Balaban J connectivity index is 1.12. The molecule has 2 heterocycles. The molecule has 1 aliphatic rings. The molecule has 5 rings (SSSR count). The first-order valence-electron chi connectivity index (χ1n) is 12.1. The second-order valence-electron chi connectivity index (χ2n) is 9.01. The highest BCUT2D eigenvalue weighted by molar-refractivity contribution is 5.96. The zero-order chi connectivity index (χ0) is 25.1. The fraction of sp³-hybridized carbons (Fsp3) is 0.241. The highest BCUT2D eigenvalue weighted by Gasteiger charge is 2.24. The molecule has 36 heavy (non-hydrogen) atoms. The number of furan rings is 1. The van der Waals surface area contributed by atoms with Crippen LogP contribution in [0.15, 0.2) is 77.2 Å². The van der Waals surface area contributed by atoms with Crippen molar-refractivity contribution in [2.75, 3.05) is 43.0 Å². The van der Waals surface area contributed by atoms with E-state index in [4.69, 9.17) is 9.15 Å². The van der Waals surface area contributed by atoms with E-state index in [1.54, 1.807) is 0 Å². The van der Waals surface area contributed by atoms with Gasteiger partial charge in [0.05, 0.1) is 0 Å². The van der Waals surface area contributed by atoms with Crippen LogP contribution in [0.5, 0.6) is 5.75 Å². The van der Waals surface area contributed by atoms with E-state index in [0.29, 0.717) is 24.5 Å². The predicted octanol–water partition coefficient (Wildman–Crippen LogP) is 5.03. The van der Waals surface area contributed by atoms with Gasteiger partial charge in [-0.05, 0) is 67.4 Å². The van der Waals surface area contributed by atoms with E-state index in [1.807, 2.05) is 91.5 Å². The Morgan fingerprint density at radius 3 is 2.42 bits per heavy atom. The molecular formula is C29H29N3O4. The third-order valence-electron chi connectivity index (χ3n) is 6.63.